The average Bonchev–Trinajstić information content (AvgIpc) is 2.84. The number of hydrogen-bond donors (Lipinski definition) is 1. The summed E-state index contributed by atoms with van der Waals surface area (Å²) in [6.07, 6.45) is 6.02. The van der Waals surface area contributed by atoms with Crippen LogP contribution in [0.15, 0.2) is 48.9 Å². The molecule has 0 aliphatic heterocycles. The van der Waals surface area contributed by atoms with Gasteiger partial charge in [0.2, 0.25) is 0 Å². The van der Waals surface area contributed by atoms with Crippen molar-refractivity contribution in [3.05, 3.63) is 60.0 Å². The van der Waals surface area contributed by atoms with Gasteiger partial charge in [-0.05, 0) is 48.4 Å². The molecule has 0 unspecified atom stereocenters. The number of aromatic nitrogens is 2. The van der Waals surface area contributed by atoms with Gasteiger partial charge in [0.15, 0.2) is 0 Å². The summed E-state index contributed by atoms with van der Waals surface area (Å²) in [5, 5.41) is 1.14. The normalized spacial score (nSPS) is 10.9. The number of pyridine rings is 1. The zero-order valence-corrected chi connectivity index (χ0v) is 10.3. The van der Waals surface area contributed by atoms with E-state index < -0.39 is 0 Å². The summed E-state index contributed by atoms with van der Waals surface area (Å²) in [7, 11) is 0. The minimum absolute atomic E-state index is 0.799. The van der Waals surface area contributed by atoms with E-state index in [1.54, 1.807) is 0 Å². The first-order chi connectivity index (χ1) is 8.72. The molecule has 0 saturated heterocycles. The summed E-state index contributed by atoms with van der Waals surface area (Å²) in [6.45, 7) is 2.87. The maximum Gasteiger partial charge on any atom is 0.0722 e. The Kier molecular flexibility index (Phi) is 2.52. The minimum atomic E-state index is 0.799. The summed E-state index contributed by atoms with van der Waals surface area (Å²) in [5.41, 5.74) is 9.94. The highest BCUT2D eigenvalue weighted by molar-refractivity contribution is 5.83. The van der Waals surface area contributed by atoms with Crippen LogP contribution in [0, 0.1) is 6.92 Å². The monoisotopic (exact) mass is 237 g/mol. The first-order valence-electron chi connectivity index (χ1n) is 5.98. The molecule has 3 nitrogen and oxygen atoms in total. The molecule has 0 bridgehead atoms. The number of nitrogens with two attached hydrogens (primary N) is 1. The van der Waals surface area contributed by atoms with E-state index >= 15 is 0 Å². The van der Waals surface area contributed by atoms with E-state index in [0.29, 0.717) is 0 Å². The van der Waals surface area contributed by atoms with Gasteiger partial charge in [-0.25, -0.2) is 0 Å². The largest absolute Gasteiger partial charge is 0.398 e. The molecule has 0 saturated carbocycles. The third kappa shape index (κ3) is 1.95. The Labute approximate surface area is 106 Å². The molecule has 0 aliphatic carbocycles. The van der Waals surface area contributed by atoms with E-state index in [9.17, 15) is 0 Å². The van der Waals surface area contributed by atoms with Crippen LogP contribution in [-0.2, 0) is 6.54 Å². The van der Waals surface area contributed by atoms with E-state index in [-0.39, 0.29) is 0 Å². The topological polar surface area (TPSA) is 43.8 Å². The standard InChI is InChI=1S/C15H15N3/c1-11-6-13-7-12(10-18-4-2-3-5-18)9-17-15(13)8-14(11)16/h2-9H,10,16H2,1H3. The number of rotatable bonds is 2. The van der Waals surface area contributed by atoms with Crippen molar-refractivity contribution in [3.8, 4) is 0 Å². The predicted octanol–water partition coefficient (Wildman–Crippen LogP) is 2.98. The lowest BCUT2D eigenvalue weighted by Crippen LogP contribution is -1.97. The lowest BCUT2D eigenvalue weighted by atomic mass is 10.1. The molecule has 2 heterocycles. The molecular weight excluding hydrogens is 222 g/mol. The van der Waals surface area contributed by atoms with Gasteiger partial charge in [-0.1, -0.05) is 0 Å². The maximum atomic E-state index is 5.89. The molecule has 0 atom stereocenters. The number of fused-ring (bicyclic) bond motifs is 1. The highest BCUT2D eigenvalue weighted by Crippen LogP contribution is 2.20. The fraction of sp³-hybridized carbons (Fsp3) is 0.133. The van der Waals surface area contributed by atoms with E-state index in [1.807, 2.05) is 31.3 Å². The zero-order chi connectivity index (χ0) is 12.5. The highest BCUT2D eigenvalue weighted by atomic mass is 14.9. The van der Waals surface area contributed by atoms with Crippen molar-refractivity contribution in [2.24, 2.45) is 0 Å². The molecule has 3 aromatic rings. The van der Waals surface area contributed by atoms with Gasteiger partial charge in [-0.2, -0.15) is 0 Å². The summed E-state index contributed by atoms with van der Waals surface area (Å²) >= 11 is 0. The third-order valence-electron chi connectivity index (χ3n) is 3.16. The van der Waals surface area contributed by atoms with E-state index in [1.165, 1.54) is 5.56 Å². The van der Waals surface area contributed by atoms with Crippen LogP contribution in [-0.4, -0.2) is 9.55 Å². The van der Waals surface area contributed by atoms with Crippen LogP contribution in [0.25, 0.3) is 10.9 Å². The van der Waals surface area contributed by atoms with Crippen molar-refractivity contribution in [3.63, 3.8) is 0 Å². The van der Waals surface area contributed by atoms with Crippen molar-refractivity contribution in [1.29, 1.82) is 0 Å². The van der Waals surface area contributed by atoms with Gasteiger partial charge < -0.3 is 10.3 Å². The Balaban J connectivity index is 2.02. The van der Waals surface area contributed by atoms with E-state index in [2.05, 4.69) is 34.1 Å². The molecule has 18 heavy (non-hydrogen) atoms. The molecule has 2 aromatic heterocycles. The highest BCUT2D eigenvalue weighted by Gasteiger charge is 2.02. The van der Waals surface area contributed by atoms with Gasteiger partial charge in [0.1, 0.15) is 0 Å². The molecular formula is C15H15N3. The first-order valence-corrected chi connectivity index (χ1v) is 5.98. The first kappa shape index (κ1) is 10.8. The number of benzene rings is 1. The van der Waals surface area contributed by atoms with Crippen LogP contribution in [0.1, 0.15) is 11.1 Å². The number of nitrogens with zero attached hydrogens (tertiary/aromatic N) is 2. The number of anilines is 1. The Morgan fingerprint density at radius 2 is 1.94 bits per heavy atom. The van der Waals surface area contributed by atoms with Gasteiger partial charge in [0.05, 0.1) is 5.52 Å². The van der Waals surface area contributed by atoms with E-state index in [4.69, 9.17) is 5.73 Å². The fourth-order valence-corrected chi connectivity index (χ4v) is 2.12. The second-order valence-corrected chi connectivity index (χ2v) is 4.60. The quantitative estimate of drug-likeness (QED) is 0.696. The Hall–Kier alpha value is -2.29. The van der Waals surface area contributed by atoms with Gasteiger partial charge in [0, 0.05) is 36.2 Å². The van der Waals surface area contributed by atoms with Crippen LogP contribution in [0.5, 0.6) is 0 Å². The average molecular weight is 237 g/mol. The van der Waals surface area contributed by atoms with Gasteiger partial charge in [-0.3, -0.25) is 4.98 Å². The molecule has 0 radical (unpaired) electrons. The van der Waals surface area contributed by atoms with Crippen LogP contribution >= 0.6 is 0 Å². The molecule has 0 spiro atoms. The maximum absolute atomic E-state index is 5.89. The fourth-order valence-electron chi connectivity index (χ4n) is 2.12. The predicted molar refractivity (Wildman–Crippen MR) is 74.4 cm³/mol. The van der Waals surface area contributed by atoms with Crippen LogP contribution in [0.4, 0.5) is 5.69 Å². The lowest BCUT2D eigenvalue weighted by molar-refractivity contribution is 0.804. The molecule has 2 N–H and O–H groups in total. The second-order valence-electron chi connectivity index (χ2n) is 4.60. The van der Waals surface area contributed by atoms with Gasteiger partial charge in [-0.15, -0.1) is 0 Å². The summed E-state index contributed by atoms with van der Waals surface area (Å²) in [5.74, 6) is 0. The van der Waals surface area contributed by atoms with Crippen LogP contribution < -0.4 is 5.73 Å². The van der Waals surface area contributed by atoms with Crippen molar-refractivity contribution in [2.45, 2.75) is 13.5 Å². The minimum Gasteiger partial charge on any atom is -0.398 e. The number of nitrogen functional groups attached to an aromatic ring is 1. The summed E-state index contributed by atoms with van der Waals surface area (Å²) in [4.78, 5) is 4.47. The SMILES string of the molecule is Cc1cc2cc(Cn3cccc3)cnc2cc1N. The molecule has 1 aromatic carbocycles. The van der Waals surface area contributed by atoms with Crippen LogP contribution in [0.2, 0.25) is 0 Å². The van der Waals surface area contributed by atoms with E-state index in [0.717, 1.165) is 28.7 Å². The van der Waals surface area contributed by atoms with Crippen molar-refractivity contribution < 1.29 is 0 Å². The summed E-state index contributed by atoms with van der Waals surface area (Å²) in [6, 6.07) is 10.3. The Morgan fingerprint density at radius 1 is 1.17 bits per heavy atom. The molecule has 0 fully saturated rings. The van der Waals surface area contributed by atoms with Crippen molar-refractivity contribution >= 4 is 16.6 Å². The summed E-state index contributed by atoms with van der Waals surface area (Å²) < 4.78 is 2.13. The second kappa shape index (κ2) is 4.18. The molecule has 0 amide bonds. The molecule has 3 heteroatoms. The third-order valence-corrected chi connectivity index (χ3v) is 3.16. The Morgan fingerprint density at radius 3 is 2.72 bits per heavy atom. The number of hydrogen-bond acceptors (Lipinski definition) is 2. The van der Waals surface area contributed by atoms with Gasteiger partial charge in [0.25, 0.3) is 0 Å². The molecule has 0 aliphatic rings. The zero-order valence-electron chi connectivity index (χ0n) is 10.3. The van der Waals surface area contributed by atoms with Crippen molar-refractivity contribution in [2.75, 3.05) is 5.73 Å². The number of aryl methyl sites for hydroxylation is 1. The molecule has 3 rings (SSSR count). The Bertz CT molecular complexity index is 684. The lowest BCUT2D eigenvalue weighted by Gasteiger charge is -2.07. The van der Waals surface area contributed by atoms with Crippen molar-refractivity contribution in [1.82, 2.24) is 9.55 Å². The van der Waals surface area contributed by atoms with Gasteiger partial charge >= 0.3 is 0 Å². The smallest absolute Gasteiger partial charge is 0.0722 e. The molecule has 90 valence electrons. The van der Waals surface area contributed by atoms with Crippen LogP contribution in [0.3, 0.4) is 0 Å².